The van der Waals surface area contributed by atoms with Gasteiger partial charge < -0.3 is 15.8 Å². The van der Waals surface area contributed by atoms with E-state index in [4.69, 9.17) is 10.5 Å². The quantitative estimate of drug-likeness (QED) is 0.803. The van der Waals surface area contributed by atoms with Crippen molar-refractivity contribution in [1.82, 2.24) is 5.32 Å². The van der Waals surface area contributed by atoms with E-state index in [1.807, 2.05) is 6.07 Å². The lowest BCUT2D eigenvalue weighted by atomic mass is 10.0. The number of hydrogen-bond acceptors (Lipinski definition) is 3. The Balaban J connectivity index is 1.64. The predicted octanol–water partition coefficient (Wildman–Crippen LogP) is 1.57. The van der Waals surface area contributed by atoms with Gasteiger partial charge in [-0.15, -0.1) is 0 Å². The number of hydrogen-bond donors (Lipinski definition) is 2. The largest absolute Gasteiger partial charge is 0.378 e. The monoisotopic (exact) mass is 248 g/mol. The van der Waals surface area contributed by atoms with Crippen molar-refractivity contribution in [2.24, 2.45) is 11.7 Å². The highest BCUT2D eigenvalue weighted by molar-refractivity contribution is 5.15. The molecule has 3 heteroatoms. The van der Waals surface area contributed by atoms with Crippen molar-refractivity contribution in [2.75, 3.05) is 19.7 Å². The van der Waals surface area contributed by atoms with Gasteiger partial charge in [0.15, 0.2) is 0 Å². The topological polar surface area (TPSA) is 47.3 Å². The zero-order chi connectivity index (χ0) is 12.8. The summed E-state index contributed by atoms with van der Waals surface area (Å²) < 4.78 is 5.55. The van der Waals surface area contributed by atoms with Gasteiger partial charge in [0.1, 0.15) is 0 Å². The van der Waals surface area contributed by atoms with Crippen molar-refractivity contribution >= 4 is 0 Å². The van der Waals surface area contributed by atoms with E-state index in [9.17, 15) is 0 Å². The molecule has 3 atom stereocenters. The van der Waals surface area contributed by atoms with E-state index >= 15 is 0 Å². The molecule has 18 heavy (non-hydrogen) atoms. The van der Waals surface area contributed by atoms with Crippen LogP contribution in [0.25, 0.3) is 0 Å². The molecule has 0 radical (unpaired) electrons. The highest BCUT2D eigenvalue weighted by atomic mass is 16.5. The lowest BCUT2D eigenvalue weighted by molar-refractivity contribution is 0.105. The molecular formula is C15H24N2O. The average molecular weight is 248 g/mol. The van der Waals surface area contributed by atoms with Crippen molar-refractivity contribution < 1.29 is 4.74 Å². The Hall–Kier alpha value is -0.900. The van der Waals surface area contributed by atoms with Crippen molar-refractivity contribution in [1.29, 1.82) is 0 Å². The summed E-state index contributed by atoms with van der Waals surface area (Å²) in [5.41, 5.74) is 7.44. The zero-order valence-corrected chi connectivity index (χ0v) is 11.1. The third kappa shape index (κ3) is 4.09. The molecule has 1 fully saturated rings. The molecule has 0 saturated carbocycles. The summed E-state index contributed by atoms with van der Waals surface area (Å²) in [5.74, 6) is 0.647. The van der Waals surface area contributed by atoms with Gasteiger partial charge in [-0.2, -0.15) is 0 Å². The van der Waals surface area contributed by atoms with Gasteiger partial charge in [0.05, 0.1) is 6.10 Å². The van der Waals surface area contributed by atoms with Crippen LogP contribution in [0.4, 0.5) is 0 Å². The molecule has 1 aliphatic rings. The van der Waals surface area contributed by atoms with Gasteiger partial charge in [-0.05, 0) is 31.2 Å². The van der Waals surface area contributed by atoms with Gasteiger partial charge in [-0.25, -0.2) is 0 Å². The Morgan fingerprint density at radius 3 is 2.83 bits per heavy atom. The molecule has 1 aromatic carbocycles. The van der Waals surface area contributed by atoms with Crippen LogP contribution in [-0.4, -0.2) is 31.8 Å². The Morgan fingerprint density at radius 2 is 2.17 bits per heavy atom. The molecule has 1 heterocycles. The summed E-state index contributed by atoms with van der Waals surface area (Å²) in [6.45, 7) is 4.95. The summed E-state index contributed by atoms with van der Waals surface area (Å²) >= 11 is 0. The molecule has 1 aliphatic heterocycles. The first kappa shape index (κ1) is 13.5. The molecule has 0 bridgehead atoms. The summed E-state index contributed by atoms with van der Waals surface area (Å²) in [6, 6.07) is 10.6. The van der Waals surface area contributed by atoms with E-state index in [1.165, 1.54) is 12.0 Å². The normalized spacial score (nSPS) is 25.2. The number of rotatable bonds is 6. The summed E-state index contributed by atoms with van der Waals surface area (Å²) in [6.07, 6.45) is 2.50. The molecule has 0 amide bonds. The standard InChI is InChI=1S/C15H24N2O/c1-12-14(7-8-18-12)10-17-11-15(16)9-13-5-3-2-4-6-13/h2-6,12,14-15,17H,7-11,16H2,1H3. The number of nitrogens with two attached hydrogens (primary N) is 1. The lowest BCUT2D eigenvalue weighted by Crippen LogP contribution is -2.38. The molecule has 0 aromatic heterocycles. The second kappa shape index (κ2) is 6.88. The number of benzene rings is 1. The molecular weight excluding hydrogens is 224 g/mol. The first-order valence-corrected chi connectivity index (χ1v) is 6.87. The van der Waals surface area contributed by atoms with Crippen LogP contribution < -0.4 is 11.1 Å². The Bertz CT molecular complexity index is 342. The maximum Gasteiger partial charge on any atom is 0.0588 e. The first-order chi connectivity index (χ1) is 8.75. The van der Waals surface area contributed by atoms with E-state index in [1.54, 1.807) is 0 Å². The molecule has 1 saturated heterocycles. The van der Waals surface area contributed by atoms with Crippen LogP contribution in [0.1, 0.15) is 18.9 Å². The van der Waals surface area contributed by atoms with Crippen LogP contribution >= 0.6 is 0 Å². The van der Waals surface area contributed by atoms with Crippen molar-refractivity contribution in [3.63, 3.8) is 0 Å². The lowest BCUT2D eigenvalue weighted by Gasteiger charge is -2.17. The maximum absolute atomic E-state index is 6.13. The minimum atomic E-state index is 0.185. The smallest absolute Gasteiger partial charge is 0.0588 e. The molecule has 2 rings (SSSR count). The molecule has 3 nitrogen and oxygen atoms in total. The minimum Gasteiger partial charge on any atom is -0.378 e. The fourth-order valence-corrected chi connectivity index (χ4v) is 2.49. The summed E-state index contributed by atoms with van der Waals surface area (Å²) in [5, 5.41) is 3.47. The number of ether oxygens (including phenoxy) is 1. The maximum atomic E-state index is 6.13. The fourth-order valence-electron chi connectivity index (χ4n) is 2.49. The van der Waals surface area contributed by atoms with Gasteiger partial charge >= 0.3 is 0 Å². The van der Waals surface area contributed by atoms with Crippen LogP contribution in [0.15, 0.2) is 30.3 Å². The minimum absolute atomic E-state index is 0.185. The van der Waals surface area contributed by atoms with Gasteiger partial charge in [0, 0.05) is 25.7 Å². The highest BCUT2D eigenvalue weighted by Crippen LogP contribution is 2.19. The SMILES string of the molecule is CC1OCCC1CNCC(N)Cc1ccccc1. The van der Waals surface area contributed by atoms with E-state index in [0.29, 0.717) is 12.0 Å². The molecule has 3 N–H and O–H groups in total. The van der Waals surface area contributed by atoms with Crippen LogP contribution in [0, 0.1) is 5.92 Å². The van der Waals surface area contributed by atoms with Gasteiger partial charge in [0.2, 0.25) is 0 Å². The van der Waals surface area contributed by atoms with Gasteiger partial charge in [-0.3, -0.25) is 0 Å². The van der Waals surface area contributed by atoms with Crippen LogP contribution in [0.2, 0.25) is 0 Å². The van der Waals surface area contributed by atoms with E-state index < -0.39 is 0 Å². The average Bonchev–Trinajstić information content (AvgIpc) is 2.76. The molecule has 0 aliphatic carbocycles. The Labute approximate surface area is 110 Å². The second-order valence-electron chi connectivity index (χ2n) is 5.23. The Kier molecular flexibility index (Phi) is 5.17. The van der Waals surface area contributed by atoms with Gasteiger partial charge in [-0.1, -0.05) is 30.3 Å². The molecule has 1 aromatic rings. The molecule has 100 valence electrons. The van der Waals surface area contributed by atoms with E-state index in [0.717, 1.165) is 26.1 Å². The highest BCUT2D eigenvalue weighted by Gasteiger charge is 2.23. The summed E-state index contributed by atoms with van der Waals surface area (Å²) in [4.78, 5) is 0. The van der Waals surface area contributed by atoms with E-state index in [-0.39, 0.29) is 6.04 Å². The molecule has 0 spiro atoms. The fraction of sp³-hybridized carbons (Fsp3) is 0.600. The Morgan fingerprint density at radius 1 is 1.39 bits per heavy atom. The third-order valence-electron chi connectivity index (χ3n) is 3.69. The zero-order valence-electron chi connectivity index (χ0n) is 11.1. The van der Waals surface area contributed by atoms with Crippen LogP contribution in [0.5, 0.6) is 0 Å². The summed E-state index contributed by atoms with van der Waals surface area (Å²) in [7, 11) is 0. The first-order valence-electron chi connectivity index (χ1n) is 6.87. The van der Waals surface area contributed by atoms with Crippen LogP contribution in [0.3, 0.4) is 0 Å². The molecule has 3 unspecified atom stereocenters. The third-order valence-corrected chi connectivity index (χ3v) is 3.69. The van der Waals surface area contributed by atoms with Crippen molar-refractivity contribution in [2.45, 2.75) is 31.9 Å². The number of nitrogens with one attached hydrogen (secondary N) is 1. The van der Waals surface area contributed by atoms with Crippen molar-refractivity contribution in [3.8, 4) is 0 Å². The van der Waals surface area contributed by atoms with Crippen LogP contribution in [-0.2, 0) is 11.2 Å². The predicted molar refractivity (Wildman–Crippen MR) is 74.5 cm³/mol. The van der Waals surface area contributed by atoms with E-state index in [2.05, 4.69) is 36.5 Å². The van der Waals surface area contributed by atoms with Crippen molar-refractivity contribution in [3.05, 3.63) is 35.9 Å². The van der Waals surface area contributed by atoms with Gasteiger partial charge in [0.25, 0.3) is 0 Å². The second-order valence-corrected chi connectivity index (χ2v) is 5.23.